The number of hydrogen-bond acceptors (Lipinski definition) is 1. The van der Waals surface area contributed by atoms with Crippen LogP contribution in [0.25, 0.3) is 5.65 Å². The van der Waals surface area contributed by atoms with Gasteiger partial charge in [-0.3, -0.25) is 0 Å². The molecule has 0 aliphatic rings. The van der Waals surface area contributed by atoms with Crippen molar-refractivity contribution in [1.29, 1.82) is 0 Å². The number of rotatable bonds is 0. The van der Waals surface area contributed by atoms with Crippen LogP contribution >= 0.6 is 0 Å². The highest BCUT2D eigenvalue weighted by Crippen LogP contribution is 2.24. The highest BCUT2D eigenvalue weighted by Gasteiger charge is 2.17. The van der Waals surface area contributed by atoms with E-state index in [0.29, 0.717) is 0 Å². The van der Waals surface area contributed by atoms with Crippen molar-refractivity contribution in [2.75, 3.05) is 0 Å². The minimum Gasteiger partial charge on any atom is -0.307 e. The normalized spacial score (nSPS) is 12.2. The molecule has 0 saturated carbocycles. The minimum absolute atomic E-state index is 0.161. The molecule has 13 heavy (non-hydrogen) atoms. The molecule has 68 valence electrons. The van der Waals surface area contributed by atoms with Gasteiger partial charge in [0.1, 0.15) is 5.65 Å². The van der Waals surface area contributed by atoms with E-state index in [0.717, 1.165) is 5.65 Å². The number of imidazole rings is 1. The van der Waals surface area contributed by atoms with Gasteiger partial charge in [-0.15, -0.1) is 0 Å². The topological polar surface area (TPSA) is 17.3 Å². The van der Waals surface area contributed by atoms with Crippen molar-refractivity contribution in [2.24, 2.45) is 0 Å². The molecule has 0 fully saturated rings. The van der Waals surface area contributed by atoms with E-state index in [1.54, 1.807) is 0 Å². The second-order valence-corrected chi connectivity index (χ2v) is 4.33. The standard InChI is InChI=1S/C11H14N2/c1-11(2,3)9-5-4-7-13-8-6-12-10(9)13/h4-8H,1-3H3. The van der Waals surface area contributed by atoms with E-state index in [-0.39, 0.29) is 5.41 Å². The van der Waals surface area contributed by atoms with Gasteiger partial charge in [-0.05, 0) is 11.5 Å². The highest BCUT2D eigenvalue weighted by atomic mass is 15.0. The number of pyridine rings is 1. The molecule has 0 N–H and O–H groups in total. The first-order valence-corrected chi connectivity index (χ1v) is 4.51. The zero-order valence-electron chi connectivity index (χ0n) is 8.28. The van der Waals surface area contributed by atoms with Crippen LogP contribution < -0.4 is 0 Å². The highest BCUT2D eigenvalue weighted by molar-refractivity contribution is 5.50. The quantitative estimate of drug-likeness (QED) is 0.600. The predicted molar refractivity (Wildman–Crippen MR) is 53.9 cm³/mol. The monoisotopic (exact) mass is 174 g/mol. The van der Waals surface area contributed by atoms with Crippen LogP contribution in [-0.2, 0) is 5.41 Å². The molecule has 0 unspecified atom stereocenters. The summed E-state index contributed by atoms with van der Waals surface area (Å²) in [6, 6.07) is 4.21. The fourth-order valence-corrected chi connectivity index (χ4v) is 1.53. The van der Waals surface area contributed by atoms with Gasteiger partial charge in [-0.1, -0.05) is 26.8 Å². The zero-order chi connectivity index (χ0) is 9.47. The van der Waals surface area contributed by atoms with E-state index in [1.165, 1.54) is 5.56 Å². The maximum atomic E-state index is 4.35. The largest absolute Gasteiger partial charge is 0.307 e. The summed E-state index contributed by atoms with van der Waals surface area (Å²) in [5.74, 6) is 0. The Bertz CT molecular complexity index is 421. The lowest BCUT2D eigenvalue weighted by Gasteiger charge is -2.19. The Morgan fingerprint density at radius 1 is 1.23 bits per heavy atom. The Kier molecular flexibility index (Phi) is 1.65. The predicted octanol–water partition coefficient (Wildman–Crippen LogP) is 2.63. The molecule has 2 aromatic heterocycles. The Hall–Kier alpha value is -1.31. The molecular weight excluding hydrogens is 160 g/mol. The van der Waals surface area contributed by atoms with E-state index < -0.39 is 0 Å². The SMILES string of the molecule is CC(C)(C)c1cccn2ccnc12. The second kappa shape index (κ2) is 2.59. The summed E-state index contributed by atoms with van der Waals surface area (Å²) in [4.78, 5) is 4.35. The Labute approximate surface area is 78.2 Å². The van der Waals surface area contributed by atoms with Crippen molar-refractivity contribution < 1.29 is 0 Å². The Balaban J connectivity index is 2.75. The summed E-state index contributed by atoms with van der Waals surface area (Å²) in [5.41, 5.74) is 2.52. The van der Waals surface area contributed by atoms with Crippen LogP contribution in [0.1, 0.15) is 26.3 Å². The lowest BCUT2D eigenvalue weighted by molar-refractivity contribution is 0.591. The van der Waals surface area contributed by atoms with Gasteiger partial charge >= 0.3 is 0 Å². The van der Waals surface area contributed by atoms with Gasteiger partial charge in [0, 0.05) is 24.2 Å². The molecule has 0 amide bonds. The zero-order valence-corrected chi connectivity index (χ0v) is 8.28. The summed E-state index contributed by atoms with van der Waals surface area (Å²) < 4.78 is 2.06. The molecule has 0 spiro atoms. The molecule has 2 rings (SSSR count). The van der Waals surface area contributed by atoms with Gasteiger partial charge in [0.25, 0.3) is 0 Å². The molecule has 0 aliphatic carbocycles. The van der Waals surface area contributed by atoms with Gasteiger partial charge in [0.05, 0.1) is 0 Å². The molecule has 0 atom stereocenters. The minimum atomic E-state index is 0.161. The second-order valence-electron chi connectivity index (χ2n) is 4.33. The van der Waals surface area contributed by atoms with Crippen molar-refractivity contribution in [2.45, 2.75) is 26.2 Å². The molecule has 0 saturated heterocycles. The van der Waals surface area contributed by atoms with E-state index in [9.17, 15) is 0 Å². The fourth-order valence-electron chi connectivity index (χ4n) is 1.53. The summed E-state index contributed by atoms with van der Waals surface area (Å²) >= 11 is 0. The Morgan fingerprint density at radius 2 is 2.00 bits per heavy atom. The first kappa shape index (κ1) is 8.30. The third kappa shape index (κ3) is 1.32. The van der Waals surface area contributed by atoms with Gasteiger partial charge in [-0.25, -0.2) is 4.98 Å². The maximum Gasteiger partial charge on any atom is 0.140 e. The van der Waals surface area contributed by atoms with E-state index in [4.69, 9.17) is 0 Å². The van der Waals surface area contributed by atoms with Crippen molar-refractivity contribution >= 4 is 5.65 Å². The molecule has 2 heterocycles. The summed E-state index contributed by atoms with van der Waals surface area (Å²) in [6.45, 7) is 6.62. The molecule has 0 aliphatic heterocycles. The first-order chi connectivity index (χ1) is 6.09. The van der Waals surface area contributed by atoms with Crippen LogP contribution in [0.3, 0.4) is 0 Å². The molecule has 2 aromatic rings. The van der Waals surface area contributed by atoms with Gasteiger partial charge in [0.2, 0.25) is 0 Å². The first-order valence-electron chi connectivity index (χ1n) is 4.51. The molecule has 0 bridgehead atoms. The number of hydrogen-bond donors (Lipinski definition) is 0. The van der Waals surface area contributed by atoms with Crippen LogP contribution in [0.4, 0.5) is 0 Å². The molecule has 2 heteroatoms. The maximum absolute atomic E-state index is 4.35. The van der Waals surface area contributed by atoms with Gasteiger partial charge in [0.15, 0.2) is 0 Å². The van der Waals surface area contributed by atoms with Gasteiger partial charge in [-0.2, -0.15) is 0 Å². The van der Waals surface area contributed by atoms with Gasteiger partial charge < -0.3 is 4.40 Å². The van der Waals surface area contributed by atoms with Crippen LogP contribution in [0.15, 0.2) is 30.7 Å². The number of aromatic nitrogens is 2. The fraction of sp³-hybridized carbons (Fsp3) is 0.364. The van der Waals surface area contributed by atoms with Crippen molar-refractivity contribution in [3.8, 4) is 0 Å². The van der Waals surface area contributed by atoms with E-state index in [2.05, 4.69) is 42.3 Å². The van der Waals surface area contributed by atoms with Crippen LogP contribution in [-0.4, -0.2) is 9.38 Å². The van der Waals surface area contributed by atoms with Crippen molar-refractivity contribution in [3.63, 3.8) is 0 Å². The average Bonchev–Trinajstić information content (AvgIpc) is 2.48. The molecule has 0 aromatic carbocycles. The summed E-state index contributed by atoms with van der Waals surface area (Å²) in [7, 11) is 0. The van der Waals surface area contributed by atoms with Crippen LogP contribution in [0.5, 0.6) is 0 Å². The van der Waals surface area contributed by atoms with Crippen LogP contribution in [0.2, 0.25) is 0 Å². The Morgan fingerprint density at radius 3 is 2.69 bits per heavy atom. The molecule has 0 radical (unpaired) electrons. The third-order valence-electron chi connectivity index (χ3n) is 2.23. The smallest absolute Gasteiger partial charge is 0.140 e. The number of fused-ring (bicyclic) bond motifs is 1. The molecule has 2 nitrogen and oxygen atoms in total. The van der Waals surface area contributed by atoms with E-state index in [1.807, 2.05) is 18.6 Å². The van der Waals surface area contributed by atoms with Crippen LogP contribution in [0, 0.1) is 0 Å². The average molecular weight is 174 g/mol. The van der Waals surface area contributed by atoms with Crippen molar-refractivity contribution in [1.82, 2.24) is 9.38 Å². The summed E-state index contributed by atoms with van der Waals surface area (Å²) in [5, 5.41) is 0. The lowest BCUT2D eigenvalue weighted by atomic mass is 9.88. The molecular formula is C11H14N2. The summed E-state index contributed by atoms with van der Waals surface area (Å²) in [6.07, 6.45) is 5.84. The third-order valence-corrected chi connectivity index (χ3v) is 2.23. The van der Waals surface area contributed by atoms with Crippen molar-refractivity contribution in [3.05, 3.63) is 36.3 Å². The number of nitrogens with zero attached hydrogens (tertiary/aromatic N) is 2. The van der Waals surface area contributed by atoms with E-state index >= 15 is 0 Å². The lowest BCUT2D eigenvalue weighted by Crippen LogP contribution is -2.12.